The molecule has 0 spiro atoms. The fraction of sp³-hybridized carbons (Fsp3) is 0.348. The molecule has 1 aliphatic heterocycles. The maximum Gasteiger partial charge on any atom is 0.311 e. The summed E-state index contributed by atoms with van der Waals surface area (Å²) in [5.41, 5.74) is 5.58. The summed E-state index contributed by atoms with van der Waals surface area (Å²) in [6, 6.07) is 11.6. The number of carbonyl (C=O) groups is 3. The van der Waals surface area contributed by atoms with Gasteiger partial charge in [0.25, 0.3) is 5.91 Å². The van der Waals surface area contributed by atoms with Crippen molar-refractivity contribution in [3.63, 3.8) is 0 Å². The van der Waals surface area contributed by atoms with Crippen molar-refractivity contribution in [3.8, 4) is 0 Å². The fourth-order valence-corrected chi connectivity index (χ4v) is 3.61. The number of anilines is 2. The number of hydrogen-bond acceptors (Lipinski definition) is 4. The van der Waals surface area contributed by atoms with E-state index >= 15 is 0 Å². The van der Waals surface area contributed by atoms with Gasteiger partial charge in [-0.05, 0) is 68.1 Å². The van der Waals surface area contributed by atoms with Gasteiger partial charge in [-0.3, -0.25) is 14.4 Å². The van der Waals surface area contributed by atoms with Crippen LogP contribution >= 0.6 is 0 Å². The van der Waals surface area contributed by atoms with Crippen LogP contribution in [0.5, 0.6) is 0 Å². The Bertz CT molecular complexity index is 947. The molecule has 2 amide bonds. The first-order valence-corrected chi connectivity index (χ1v) is 9.65. The SMILES string of the molecule is Cc1cc(C)cc(NC(=O)COC(=O)[C@H]2CC(=O)N(c3cc(C)ccc3C)C2)c1. The van der Waals surface area contributed by atoms with Crippen LogP contribution in [0, 0.1) is 33.6 Å². The van der Waals surface area contributed by atoms with Crippen molar-refractivity contribution in [1.29, 1.82) is 0 Å². The number of esters is 1. The lowest BCUT2D eigenvalue weighted by Crippen LogP contribution is -2.28. The van der Waals surface area contributed by atoms with Crippen LogP contribution in [-0.4, -0.2) is 30.9 Å². The molecule has 1 atom stereocenters. The highest BCUT2D eigenvalue weighted by Gasteiger charge is 2.36. The summed E-state index contributed by atoms with van der Waals surface area (Å²) >= 11 is 0. The average molecular weight is 394 g/mol. The van der Waals surface area contributed by atoms with Crippen LogP contribution in [0.3, 0.4) is 0 Å². The number of nitrogens with one attached hydrogen (secondary N) is 1. The average Bonchev–Trinajstić information content (AvgIpc) is 3.02. The van der Waals surface area contributed by atoms with Crippen molar-refractivity contribution < 1.29 is 19.1 Å². The molecule has 0 aliphatic carbocycles. The number of amides is 2. The van der Waals surface area contributed by atoms with Crippen LogP contribution in [0.15, 0.2) is 36.4 Å². The standard InChI is InChI=1S/C23H26N2O4/c1-14-5-6-17(4)20(10-14)25-12-18(11-22(25)27)23(28)29-13-21(26)24-19-8-15(2)7-16(3)9-19/h5-10,18H,11-13H2,1-4H3,(H,24,26)/t18-/m0/s1. The molecule has 6 heteroatoms. The monoisotopic (exact) mass is 394 g/mol. The molecular formula is C23H26N2O4. The maximum atomic E-state index is 12.4. The lowest BCUT2D eigenvalue weighted by molar-refractivity contribution is -0.151. The maximum absolute atomic E-state index is 12.4. The molecule has 1 heterocycles. The van der Waals surface area contributed by atoms with Crippen molar-refractivity contribution >= 4 is 29.2 Å². The van der Waals surface area contributed by atoms with E-state index in [1.807, 2.05) is 64.1 Å². The van der Waals surface area contributed by atoms with E-state index in [1.54, 1.807) is 4.90 Å². The lowest BCUT2D eigenvalue weighted by atomic mass is 10.1. The number of hydrogen-bond donors (Lipinski definition) is 1. The highest BCUT2D eigenvalue weighted by atomic mass is 16.5. The van der Waals surface area contributed by atoms with Crippen LogP contribution in [-0.2, 0) is 19.1 Å². The largest absolute Gasteiger partial charge is 0.455 e. The Morgan fingerprint density at radius 1 is 1.03 bits per heavy atom. The summed E-state index contributed by atoms with van der Waals surface area (Å²) in [4.78, 5) is 38.6. The third-order valence-corrected chi connectivity index (χ3v) is 4.96. The van der Waals surface area contributed by atoms with Crippen LogP contribution < -0.4 is 10.2 Å². The topological polar surface area (TPSA) is 75.7 Å². The van der Waals surface area contributed by atoms with Gasteiger partial charge < -0.3 is 15.0 Å². The highest BCUT2D eigenvalue weighted by molar-refractivity contribution is 6.00. The molecule has 0 radical (unpaired) electrons. The van der Waals surface area contributed by atoms with Crippen molar-refractivity contribution in [2.45, 2.75) is 34.1 Å². The lowest BCUT2D eigenvalue weighted by Gasteiger charge is -2.19. The van der Waals surface area contributed by atoms with E-state index in [1.165, 1.54) is 0 Å². The van der Waals surface area contributed by atoms with E-state index in [-0.39, 0.29) is 25.5 Å². The summed E-state index contributed by atoms with van der Waals surface area (Å²) in [6.07, 6.45) is 0.0882. The molecule has 1 saturated heterocycles. The molecular weight excluding hydrogens is 368 g/mol. The van der Waals surface area contributed by atoms with Gasteiger partial charge in [0.15, 0.2) is 6.61 Å². The summed E-state index contributed by atoms with van der Waals surface area (Å²) < 4.78 is 5.18. The molecule has 0 saturated carbocycles. The molecule has 0 aromatic heterocycles. The predicted molar refractivity (Wildman–Crippen MR) is 112 cm³/mol. The Balaban J connectivity index is 1.56. The molecule has 29 heavy (non-hydrogen) atoms. The van der Waals surface area contributed by atoms with E-state index in [2.05, 4.69) is 5.32 Å². The number of ether oxygens (including phenoxy) is 1. The Labute approximate surface area is 170 Å². The van der Waals surface area contributed by atoms with Crippen LogP contribution in [0.2, 0.25) is 0 Å². The Morgan fingerprint density at radius 2 is 1.72 bits per heavy atom. The van der Waals surface area contributed by atoms with E-state index < -0.39 is 17.8 Å². The van der Waals surface area contributed by atoms with E-state index in [0.717, 1.165) is 27.9 Å². The molecule has 1 N–H and O–H groups in total. The van der Waals surface area contributed by atoms with E-state index in [9.17, 15) is 14.4 Å². The molecule has 0 unspecified atom stereocenters. The first-order valence-electron chi connectivity index (χ1n) is 9.65. The molecule has 1 aliphatic rings. The minimum absolute atomic E-state index is 0.0882. The minimum atomic E-state index is -0.573. The van der Waals surface area contributed by atoms with Gasteiger partial charge in [0.1, 0.15) is 0 Å². The fourth-order valence-electron chi connectivity index (χ4n) is 3.61. The van der Waals surface area contributed by atoms with Gasteiger partial charge in [0, 0.05) is 24.3 Å². The third kappa shape index (κ3) is 5.02. The number of aryl methyl sites for hydroxylation is 4. The van der Waals surface area contributed by atoms with Gasteiger partial charge >= 0.3 is 5.97 Å². The molecule has 6 nitrogen and oxygen atoms in total. The number of carbonyl (C=O) groups excluding carboxylic acids is 3. The smallest absolute Gasteiger partial charge is 0.311 e. The molecule has 152 valence electrons. The quantitative estimate of drug-likeness (QED) is 0.788. The number of rotatable bonds is 5. The summed E-state index contributed by atoms with van der Waals surface area (Å²) in [5.74, 6) is -1.61. The number of benzene rings is 2. The molecule has 3 rings (SSSR count). The Hall–Kier alpha value is -3.15. The van der Waals surface area contributed by atoms with Crippen molar-refractivity contribution in [2.24, 2.45) is 5.92 Å². The highest BCUT2D eigenvalue weighted by Crippen LogP contribution is 2.29. The summed E-state index contributed by atoms with van der Waals surface area (Å²) in [6.45, 7) is 7.68. The first-order chi connectivity index (χ1) is 13.7. The second kappa shape index (κ2) is 8.47. The first kappa shape index (κ1) is 20.6. The van der Waals surface area contributed by atoms with Gasteiger partial charge in [0.05, 0.1) is 5.92 Å². The second-order valence-electron chi connectivity index (χ2n) is 7.73. The molecule has 2 aromatic carbocycles. The van der Waals surface area contributed by atoms with Crippen LogP contribution in [0.4, 0.5) is 11.4 Å². The Morgan fingerprint density at radius 3 is 2.41 bits per heavy atom. The van der Waals surface area contributed by atoms with Crippen molar-refractivity contribution in [3.05, 3.63) is 58.7 Å². The van der Waals surface area contributed by atoms with Gasteiger partial charge in [-0.2, -0.15) is 0 Å². The van der Waals surface area contributed by atoms with Crippen LogP contribution in [0.1, 0.15) is 28.7 Å². The summed E-state index contributed by atoms with van der Waals surface area (Å²) in [5, 5.41) is 2.73. The zero-order valence-electron chi connectivity index (χ0n) is 17.2. The van der Waals surface area contributed by atoms with Gasteiger partial charge in [-0.25, -0.2) is 0 Å². The predicted octanol–water partition coefficient (Wildman–Crippen LogP) is 3.46. The zero-order chi connectivity index (χ0) is 21.1. The normalized spacial score (nSPS) is 16.1. The number of nitrogens with zero attached hydrogens (tertiary/aromatic N) is 1. The van der Waals surface area contributed by atoms with E-state index in [0.29, 0.717) is 5.69 Å². The van der Waals surface area contributed by atoms with Crippen molar-refractivity contribution in [1.82, 2.24) is 0 Å². The zero-order valence-corrected chi connectivity index (χ0v) is 17.2. The van der Waals surface area contributed by atoms with E-state index in [4.69, 9.17) is 4.74 Å². The Kier molecular flexibility index (Phi) is 6.01. The van der Waals surface area contributed by atoms with Gasteiger partial charge in [-0.15, -0.1) is 0 Å². The van der Waals surface area contributed by atoms with Gasteiger partial charge in [0.2, 0.25) is 5.91 Å². The summed E-state index contributed by atoms with van der Waals surface area (Å²) in [7, 11) is 0. The van der Waals surface area contributed by atoms with Gasteiger partial charge in [-0.1, -0.05) is 18.2 Å². The van der Waals surface area contributed by atoms with Crippen molar-refractivity contribution in [2.75, 3.05) is 23.4 Å². The molecule has 1 fully saturated rings. The van der Waals surface area contributed by atoms with Crippen LogP contribution in [0.25, 0.3) is 0 Å². The third-order valence-electron chi connectivity index (χ3n) is 4.96. The molecule has 0 bridgehead atoms. The second-order valence-corrected chi connectivity index (χ2v) is 7.73. The molecule has 2 aromatic rings. The minimum Gasteiger partial charge on any atom is -0.455 e.